The summed E-state index contributed by atoms with van der Waals surface area (Å²) in [7, 11) is 0. The normalized spacial score (nSPS) is 11.8. The molecule has 1 heterocycles. The molecular formula is C52H32O. The quantitative estimate of drug-likeness (QED) is 0.170. The second kappa shape index (κ2) is 11.8. The minimum Gasteiger partial charge on any atom is -0.455 e. The Morgan fingerprint density at radius 2 is 0.736 bits per heavy atom. The highest BCUT2D eigenvalue weighted by atomic mass is 16.3. The molecule has 1 heteroatoms. The van der Waals surface area contributed by atoms with Gasteiger partial charge in [-0.1, -0.05) is 182 Å². The van der Waals surface area contributed by atoms with Gasteiger partial charge in [0.25, 0.3) is 0 Å². The minimum absolute atomic E-state index is 0.915. The summed E-state index contributed by atoms with van der Waals surface area (Å²) in [5.74, 6) is 0. The molecule has 0 spiro atoms. The van der Waals surface area contributed by atoms with Crippen LogP contribution >= 0.6 is 0 Å². The van der Waals surface area contributed by atoms with E-state index in [9.17, 15) is 0 Å². The number of benzene rings is 10. The van der Waals surface area contributed by atoms with Crippen molar-refractivity contribution in [3.05, 3.63) is 194 Å². The third-order valence-electron chi connectivity index (χ3n) is 11.1. The SMILES string of the molecule is c1ccc(-c2cccc3ccccc23)c(-c2ccc(-c3c4ccccc4c(-c4cccc5c4oc4cc6ccccc6cc45)c4ccccc34)cc2)c1. The first-order valence-corrected chi connectivity index (χ1v) is 18.3. The first kappa shape index (κ1) is 29.7. The standard InChI is InChI=1S/C52H32O/c1-2-15-37-32-49-48(31-36(37)14-1)46-25-12-26-47(52(46)53-49)51-44-22-9-7-20-42(44)50(43-21-8-10-23-45(43)51)35-29-27-34(28-30-35)39-18-5-6-19-40(39)41-24-11-16-33-13-3-4-17-38(33)41/h1-32H. The van der Waals surface area contributed by atoms with E-state index in [2.05, 4.69) is 194 Å². The van der Waals surface area contributed by atoms with Crippen LogP contribution in [0, 0.1) is 0 Å². The number of para-hydroxylation sites is 1. The zero-order valence-electron chi connectivity index (χ0n) is 28.9. The van der Waals surface area contributed by atoms with E-state index in [1.807, 2.05) is 0 Å². The van der Waals surface area contributed by atoms with Gasteiger partial charge in [0.15, 0.2) is 0 Å². The van der Waals surface area contributed by atoms with E-state index in [1.54, 1.807) is 0 Å². The lowest BCUT2D eigenvalue weighted by atomic mass is 9.85. The van der Waals surface area contributed by atoms with Gasteiger partial charge in [-0.05, 0) is 88.6 Å². The highest BCUT2D eigenvalue weighted by Gasteiger charge is 2.21. The molecule has 0 atom stereocenters. The maximum absolute atomic E-state index is 6.78. The maximum Gasteiger partial charge on any atom is 0.143 e. The Morgan fingerprint density at radius 3 is 1.45 bits per heavy atom. The molecule has 11 aromatic rings. The van der Waals surface area contributed by atoms with Crippen molar-refractivity contribution in [3.63, 3.8) is 0 Å². The van der Waals surface area contributed by atoms with Crippen molar-refractivity contribution in [2.24, 2.45) is 0 Å². The first-order chi connectivity index (χ1) is 26.3. The van der Waals surface area contributed by atoms with E-state index in [1.165, 1.54) is 82.0 Å². The number of rotatable bonds is 4. The molecule has 0 radical (unpaired) electrons. The lowest BCUT2D eigenvalue weighted by molar-refractivity contribution is 0.670. The summed E-state index contributed by atoms with van der Waals surface area (Å²) in [6.07, 6.45) is 0. The van der Waals surface area contributed by atoms with E-state index < -0.39 is 0 Å². The van der Waals surface area contributed by atoms with E-state index in [4.69, 9.17) is 4.42 Å². The predicted molar refractivity (Wildman–Crippen MR) is 225 cm³/mol. The number of hydrogen-bond acceptors (Lipinski definition) is 1. The van der Waals surface area contributed by atoms with Crippen LogP contribution in [0.15, 0.2) is 199 Å². The van der Waals surface area contributed by atoms with Gasteiger partial charge in [-0.2, -0.15) is 0 Å². The van der Waals surface area contributed by atoms with Crippen molar-refractivity contribution in [3.8, 4) is 44.5 Å². The Balaban J connectivity index is 1.10. The Labute approximate surface area is 307 Å². The molecule has 1 aromatic heterocycles. The minimum atomic E-state index is 0.915. The molecule has 53 heavy (non-hydrogen) atoms. The molecule has 0 bridgehead atoms. The van der Waals surface area contributed by atoms with Crippen molar-refractivity contribution in [1.82, 2.24) is 0 Å². The second-order valence-corrected chi connectivity index (χ2v) is 14.0. The zero-order valence-corrected chi connectivity index (χ0v) is 28.9. The highest BCUT2D eigenvalue weighted by Crippen LogP contribution is 2.47. The van der Waals surface area contributed by atoms with Crippen molar-refractivity contribution in [2.75, 3.05) is 0 Å². The molecular weight excluding hydrogens is 641 g/mol. The van der Waals surface area contributed by atoms with Crippen molar-refractivity contribution in [2.45, 2.75) is 0 Å². The summed E-state index contributed by atoms with van der Waals surface area (Å²) in [5, 5.41) is 12.1. The fourth-order valence-corrected chi connectivity index (χ4v) is 8.66. The molecule has 0 N–H and O–H groups in total. The predicted octanol–water partition coefficient (Wildman–Crippen LogP) is 14.9. The van der Waals surface area contributed by atoms with Crippen molar-refractivity contribution >= 4 is 65.0 Å². The topological polar surface area (TPSA) is 13.1 Å². The van der Waals surface area contributed by atoms with Gasteiger partial charge in [0.05, 0.1) is 0 Å². The first-order valence-electron chi connectivity index (χ1n) is 18.3. The Morgan fingerprint density at radius 1 is 0.264 bits per heavy atom. The van der Waals surface area contributed by atoms with Crippen LogP contribution in [0.25, 0.3) is 110 Å². The molecule has 0 aliphatic rings. The van der Waals surface area contributed by atoms with E-state index in [0.717, 1.165) is 27.5 Å². The molecule has 0 fully saturated rings. The van der Waals surface area contributed by atoms with Gasteiger partial charge in [-0.25, -0.2) is 0 Å². The van der Waals surface area contributed by atoms with Gasteiger partial charge < -0.3 is 4.42 Å². The van der Waals surface area contributed by atoms with E-state index >= 15 is 0 Å². The Kier molecular flexibility index (Phi) is 6.62. The third kappa shape index (κ3) is 4.64. The van der Waals surface area contributed by atoms with Gasteiger partial charge in [0.2, 0.25) is 0 Å². The number of hydrogen-bond donors (Lipinski definition) is 0. The summed E-state index contributed by atoms with van der Waals surface area (Å²) in [5.41, 5.74) is 11.5. The van der Waals surface area contributed by atoms with Crippen LogP contribution in [0.2, 0.25) is 0 Å². The van der Waals surface area contributed by atoms with Crippen LogP contribution in [0.1, 0.15) is 0 Å². The zero-order chi connectivity index (χ0) is 34.9. The molecule has 0 unspecified atom stereocenters. The summed E-state index contributed by atoms with van der Waals surface area (Å²) >= 11 is 0. The molecule has 0 aliphatic heterocycles. The summed E-state index contributed by atoms with van der Waals surface area (Å²) < 4.78 is 6.78. The average molecular weight is 673 g/mol. The number of fused-ring (bicyclic) bond motifs is 7. The molecule has 11 rings (SSSR count). The fraction of sp³-hybridized carbons (Fsp3) is 0. The van der Waals surface area contributed by atoms with E-state index in [0.29, 0.717) is 0 Å². The molecule has 0 saturated carbocycles. The molecule has 0 saturated heterocycles. The molecule has 0 aliphatic carbocycles. The van der Waals surface area contributed by atoms with Gasteiger partial charge in [0.1, 0.15) is 11.2 Å². The second-order valence-electron chi connectivity index (χ2n) is 14.0. The average Bonchev–Trinajstić information content (AvgIpc) is 3.59. The van der Waals surface area contributed by atoms with E-state index in [-0.39, 0.29) is 0 Å². The van der Waals surface area contributed by atoms with Crippen LogP contribution in [0.4, 0.5) is 0 Å². The smallest absolute Gasteiger partial charge is 0.143 e. The Bertz CT molecular complexity index is 3150. The molecule has 1 nitrogen and oxygen atoms in total. The lowest BCUT2D eigenvalue weighted by Crippen LogP contribution is -1.91. The molecule has 10 aromatic carbocycles. The Hall–Kier alpha value is -6.96. The van der Waals surface area contributed by atoms with Crippen LogP contribution in [0.3, 0.4) is 0 Å². The summed E-state index contributed by atoms with van der Waals surface area (Å²) in [6.45, 7) is 0. The van der Waals surface area contributed by atoms with Gasteiger partial charge in [-0.3, -0.25) is 0 Å². The summed E-state index contributed by atoms with van der Waals surface area (Å²) in [6, 6.07) is 70.4. The van der Waals surface area contributed by atoms with Crippen molar-refractivity contribution < 1.29 is 4.42 Å². The summed E-state index contributed by atoms with van der Waals surface area (Å²) in [4.78, 5) is 0. The highest BCUT2D eigenvalue weighted by molar-refractivity contribution is 6.24. The maximum atomic E-state index is 6.78. The molecule has 246 valence electrons. The van der Waals surface area contributed by atoms with Crippen LogP contribution in [-0.2, 0) is 0 Å². The largest absolute Gasteiger partial charge is 0.455 e. The number of furan rings is 1. The van der Waals surface area contributed by atoms with Crippen LogP contribution in [-0.4, -0.2) is 0 Å². The fourth-order valence-electron chi connectivity index (χ4n) is 8.66. The van der Waals surface area contributed by atoms with Crippen LogP contribution in [0.5, 0.6) is 0 Å². The van der Waals surface area contributed by atoms with Gasteiger partial charge in [-0.15, -0.1) is 0 Å². The van der Waals surface area contributed by atoms with Crippen LogP contribution < -0.4 is 0 Å². The monoisotopic (exact) mass is 672 g/mol. The van der Waals surface area contributed by atoms with Gasteiger partial charge >= 0.3 is 0 Å². The molecule has 0 amide bonds. The lowest BCUT2D eigenvalue weighted by Gasteiger charge is -2.18. The van der Waals surface area contributed by atoms with Crippen molar-refractivity contribution in [1.29, 1.82) is 0 Å². The third-order valence-corrected chi connectivity index (χ3v) is 11.1. The van der Waals surface area contributed by atoms with Gasteiger partial charge in [0, 0.05) is 21.9 Å².